The molecule has 5 rings (SSSR count). The van der Waals surface area contributed by atoms with Crippen molar-refractivity contribution in [2.24, 2.45) is 5.92 Å². The molecule has 1 unspecified atom stereocenters. The van der Waals surface area contributed by atoms with Crippen LogP contribution in [0.25, 0.3) is 10.2 Å². The molecule has 0 spiro atoms. The van der Waals surface area contributed by atoms with E-state index in [2.05, 4.69) is 23.3 Å². The zero-order valence-corrected chi connectivity index (χ0v) is 22.0. The van der Waals surface area contributed by atoms with Crippen molar-refractivity contribution in [3.63, 3.8) is 0 Å². The van der Waals surface area contributed by atoms with E-state index in [-0.39, 0.29) is 18.2 Å². The second-order valence-electron chi connectivity index (χ2n) is 9.80. The molecule has 1 saturated carbocycles. The summed E-state index contributed by atoms with van der Waals surface area (Å²) in [4.78, 5) is 45.2. The first-order valence-electron chi connectivity index (χ1n) is 12.4. The number of hydrogen-bond acceptors (Lipinski definition) is 8. The second-order valence-corrected chi connectivity index (χ2v) is 11.9. The summed E-state index contributed by atoms with van der Waals surface area (Å²) in [7, 11) is 0. The van der Waals surface area contributed by atoms with Gasteiger partial charge in [0.05, 0.1) is 17.3 Å². The maximum absolute atomic E-state index is 13.2. The molecule has 0 saturated heterocycles. The molecule has 10 heteroatoms. The van der Waals surface area contributed by atoms with Gasteiger partial charge in [-0.2, -0.15) is 5.26 Å². The van der Waals surface area contributed by atoms with Gasteiger partial charge in [-0.1, -0.05) is 13.3 Å². The molecule has 36 heavy (non-hydrogen) atoms. The van der Waals surface area contributed by atoms with E-state index in [4.69, 9.17) is 4.74 Å². The molecule has 0 bridgehead atoms. The third-order valence-electron chi connectivity index (χ3n) is 7.12. The number of ether oxygens (including phenoxy) is 1. The standard InChI is InChI=1S/C26H28N4O4S2/c1-14-8-9-17-18(11-27)23(35-19(17)10-14)29-20(31)12-30-13-28-24-21(25(30)32)15(2)22(36-24)26(33)34-16-6-4-3-5-7-16/h13-14,16H,3-10,12H2,1-2H3,(H,29,31). The number of nitrogens with one attached hydrogen (secondary N) is 1. The van der Waals surface area contributed by atoms with E-state index < -0.39 is 11.9 Å². The Morgan fingerprint density at radius 2 is 2.03 bits per heavy atom. The number of anilines is 1. The monoisotopic (exact) mass is 524 g/mol. The van der Waals surface area contributed by atoms with E-state index in [1.54, 1.807) is 6.92 Å². The smallest absolute Gasteiger partial charge is 0.348 e. The third-order valence-corrected chi connectivity index (χ3v) is 9.47. The van der Waals surface area contributed by atoms with Gasteiger partial charge in [0.1, 0.15) is 33.4 Å². The van der Waals surface area contributed by atoms with Crippen molar-refractivity contribution in [1.82, 2.24) is 9.55 Å². The summed E-state index contributed by atoms with van der Waals surface area (Å²) in [5, 5.41) is 13.4. The second kappa shape index (κ2) is 10.1. The normalized spacial score (nSPS) is 18.0. The minimum atomic E-state index is -0.411. The summed E-state index contributed by atoms with van der Waals surface area (Å²) in [6.45, 7) is 3.68. The topological polar surface area (TPSA) is 114 Å². The van der Waals surface area contributed by atoms with Crippen LogP contribution >= 0.6 is 22.7 Å². The van der Waals surface area contributed by atoms with Crippen molar-refractivity contribution in [2.75, 3.05) is 5.32 Å². The Bertz CT molecular complexity index is 1440. The first-order chi connectivity index (χ1) is 17.4. The van der Waals surface area contributed by atoms with Gasteiger partial charge in [-0.15, -0.1) is 22.7 Å². The third kappa shape index (κ3) is 4.70. The van der Waals surface area contributed by atoms with Gasteiger partial charge < -0.3 is 10.1 Å². The molecule has 1 atom stereocenters. The summed E-state index contributed by atoms with van der Waals surface area (Å²) in [6, 6.07) is 2.25. The molecule has 0 radical (unpaired) electrons. The highest BCUT2D eigenvalue weighted by atomic mass is 32.1. The molecule has 3 heterocycles. The first-order valence-corrected chi connectivity index (χ1v) is 14.0. The lowest BCUT2D eigenvalue weighted by Gasteiger charge is -2.21. The van der Waals surface area contributed by atoms with Gasteiger partial charge in [-0.3, -0.25) is 14.2 Å². The molecule has 1 N–H and O–H groups in total. The number of aryl methyl sites for hydroxylation is 1. The lowest BCUT2D eigenvalue weighted by molar-refractivity contribution is -0.116. The average Bonchev–Trinajstić information content (AvgIpc) is 3.37. The number of hydrogen-bond donors (Lipinski definition) is 1. The summed E-state index contributed by atoms with van der Waals surface area (Å²) in [5.74, 6) is -0.251. The number of esters is 1. The lowest BCUT2D eigenvalue weighted by atomic mass is 9.89. The predicted molar refractivity (Wildman–Crippen MR) is 140 cm³/mol. The van der Waals surface area contributed by atoms with Crippen molar-refractivity contribution in [2.45, 2.75) is 77.9 Å². The van der Waals surface area contributed by atoms with Gasteiger partial charge >= 0.3 is 5.97 Å². The molecule has 8 nitrogen and oxygen atoms in total. The zero-order valence-electron chi connectivity index (χ0n) is 20.4. The van der Waals surface area contributed by atoms with E-state index in [0.29, 0.717) is 37.1 Å². The molecule has 3 aromatic heterocycles. The fraction of sp³-hybridized carbons (Fsp3) is 0.500. The highest BCUT2D eigenvalue weighted by Crippen LogP contribution is 2.39. The van der Waals surface area contributed by atoms with Crippen molar-refractivity contribution >= 4 is 49.8 Å². The van der Waals surface area contributed by atoms with Gasteiger partial charge in [-0.25, -0.2) is 9.78 Å². The van der Waals surface area contributed by atoms with Crippen LogP contribution < -0.4 is 10.9 Å². The number of rotatable bonds is 5. The van der Waals surface area contributed by atoms with Gasteiger partial charge in [0.15, 0.2) is 0 Å². The largest absolute Gasteiger partial charge is 0.458 e. The quantitative estimate of drug-likeness (QED) is 0.472. The van der Waals surface area contributed by atoms with Crippen LogP contribution in [0.4, 0.5) is 5.00 Å². The molecule has 0 aliphatic heterocycles. The lowest BCUT2D eigenvalue weighted by Crippen LogP contribution is -2.28. The molecule has 3 aromatic rings. The number of thiophene rings is 2. The van der Waals surface area contributed by atoms with E-state index in [9.17, 15) is 19.6 Å². The van der Waals surface area contributed by atoms with Crippen molar-refractivity contribution < 1.29 is 14.3 Å². The van der Waals surface area contributed by atoms with Crippen LogP contribution in [0.1, 0.15) is 76.7 Å². The SMILES string of the molecule is Cc1c(C(=O)OC2CCCCC2)sc2ncn(CC(=O)Nc3sc4c(c3C#N)CCC(C)C4)c(=O)c12. The maximum Gasteiger partial charge on any atom is 0.348 e. The van der Waals surface area contributed by atoms with Gasteiger partial charge in [-0.05, 0) is 68.9 Å². The van der Waals surface area contributed by atoms with Crippen LogP contribution in [0.3, 0.4) is 0 Å². The number of carbonyl (C=O) groups is 2. The predicted octanol–water partition coefficient (Wildman–Crippen LogP) is 4.95. The number of fused-ring (bicyclic) bond motifs is 2. The van der Waals surface area contributed by atoms with Crippen LogP contribution in [-0.2, 0) is 28.9 Å². The number of aromatic nitrogens is 2. The Morgan fingerprint density at radius 1 is 1.25 bits per heavy atom. The number of nitrogens with zero attached hydrogens (tertiary/aromatic N) is 3. The van der Waals surface area contributed by atoms with Crippen molar-refractivity contribution in [3.8, 4) is 6.07 Å². The first kappa shape index (κ1) is 24.7. The molecule has 1 amide bonds. The van der Waals surface area contributed by atoms with E-state index >= 15 is 0 Å². The van der Waals surface area contributed by atoms with Crippen LogP contribution in [0, 0.1) is 24.2 Å². The van der Waals surface area contributed by atoms with Crippen molar-refractivity contribution in [1.29, 1.82) is 5.26 Å². The highest BCUT2D eigenvalue weighted by molar-refractivity contribution is 7.20. The number of carbonyl (C=O) groups excluding carboxylic acids is 2. The minimum Gasteiger partial charge on any atom is -0.458 e. The summed E-state index contributed by atoms with van der Waals surface area (Å²) in [5.41, 5.74) is 1.74. The molecular formula is C26H28N4O4S2. The molecule has 1 fully saturated rings. The summed E-state index contributed by atoms with van der Waals surface area (Å²) in [6.07, 6.45) is 9.06. The Hall–Kier alpha value is -3.03. The molecule has 2 aliphatic carbocycles. The Balaban J connectivity index is 1.35. The van der Waals surface area contributed by atoms with E-state index in [0.717, 1.165) is 66.7 Å². The molecular weight excluding hydrogens is 496 g/mol. The minimum absolute atomic E-state index is 0.0754. The highest BCUT2D eigenvalue weighted by Gasteiger charge is 2.26. The summed E-state index contributed by atoms with van der Waals surface area (Å²) < 4.78 is 6.94. The Morgan fingerprint density at radius 3 is 2.78 bits per heavy atom. The van der Waals surface area contributed by atoms with Gasteiger partial charge in [0, 0.05) is 4.88 Å². The fourth-order valence-electron chi connectivity index (χ4n) is 5.13. The van der Waals surface area contributed by atoms with Crippen molar-refractivity contribution in [3.05, 3.63) is 43.1 Å². The number of amides is 1. The maximum atomic E-state index is 13.2. The van der Waals surface area contributed by atoms with Crippen LogP contribution in [0.15, 0.2) is 11.1 Å². The van der Waals surface area contributed by atoms with Gasteiger partial charge in [0.2, 0.25) is 5.91 Å². The van der Waals surface area contributed by atoms with E-state index in [1.807, 2.05) is 0 Å². The van der Waals surface area contributed by atoms with Gasteiger partial charge in [0.25, 0.3) is 5.56 Å². The zero-order chi connectivity index (χ0) is 25.4. The molecule has 0 aromatic carbocycles. The average molecular weight is 525 g/mol. The van der Waals surface area contributed by atoms with E-state index in [1.165, 1.54) is 28.7 Å². The van der Waals surface area contributed by atoms with Crippen LogP contribution in [-0.4, -0.2) is 27.5 Å². The Labute approximate surface area is 216 Å². The summed E-state index contributed by atoms with van der Waals surface area (Å²) >= 11 is 2.60. The van der Waals surface area contributed by atoms with Crippen LogP contribution in [0.5, 0.6) is 0 Å². The molecule has 188 valence electrons. The van der Waals surface area contributed by atoms with Crippen LogP contribution in [0.2, 0.25) is 0 Å². The Kier molecular flexibility index (Phi) is 6.95. The fourth-order valence-corrected chi connectivity index (χ4v) is 7.53. The molecule has 2 aliphatic rings. The number of nitriles is 1.